The number of allylic oxidation sites excluding steroid dienone is 8. The van der Waals surface area contributed by atoms with Crippen LogP contribution in [0.1, 0.15) is 88.6 Å². The van der Waals surface area contributed by atoms with Crippen molar-refractivity contribution in [1.29, 1.82) is 0 Å². The molecular weight excluding hydrogens is 631 g/mol. The summed E-state index contributed by atoms with van der Waals surface area (Å²) in [5, 5.41) is 5.61. The van der Waals surface area contributed by atoms with E-state index in [0.717, 1.165) is 19.3 Å². The van der Waals surface area contributed by atoms with Crippen molar-refractivity contribution < 1.29 is 49.0 Å². The number of fused-ring (bicyclic) bond motifs is 5. The van der Waals surface area contributed by atoms with Gasteiger partial charge in [0.15, 0.2) is 0 Å². The first-order valence-corrected chi connectivity index (χ1v) is 15.9. The Morgan fingerprint density at radius 3 is 1.62 bits per heavy atom. The molecule has 0 spiro atoms. The number of hydrogen-bond acceptors (Lipinski definition) is 0. The quantitative estimate of drug-likeness (QED) is 0.261. The predicted molar refractivity (Wildman–Crippen MR) is 173 cm³/mol. The molecule has 0 saturated carbocycles. The standard InChI is InChI=1S/C27H29.C7H6.C5H5.2ClH.Zr/c1-16-7-9-26(3,4)24-12-18-11-19-13-25-21(17(2)8-10-27(25,5)6)15-23(19)22(18)14-20(16)24;1-7-5-3-2-4-6-7;1-2-4-5-3-1;;;/h7-8,11-15H,9-10H2,1-6H3;1-6H;1-3H,4H2;2*1H;/q-1;;-1;;;+2/p-2. The minimum atomic E-state index is 0. The molecule has 0 aliphatic heterocycles. The summed E-state index contributed by atoms with van der Waals surface area (Å²) in [5.74, 6) is 0. The van der Waals surface area contributed by atoms with Crippen LogP contribution in [-0.4, -0.2) is 3.71 Å². The third-order valence-electron chi connectivity index (χ3n) is 8.68. The molecule has 216 valence electrons. The fourth-order valence-corrected chi connectivity index (χ4v) is 6.50. The van der Waals surface area contributed by atoms with Gasteiger partial charge in [-0.3, -0.25) is 6.08 Å². The second-order valence-electron chi connectivity index (χ2n) is 12.6. The van der Waals surface area contributed by atoms with Crippen molar-refractivity contribution >= 4 is 36.4 Å². The summed E-state index contributed by atoms with van der Waals surface area (Å²) >= 11 is 1.46. The Labute approximate surface area is 280 Å². The molecule has 0 heterocycles. The summed E-state index contributed by atoms with van der Waals surface area (Å²) in [6.45, 7) is 14.0. The van der Waals surface area contributed by atoms with Crippen LogP contribution in [0.2, 0.25) is 0 Å². The molecule has 0 nitrogen and oxygen atoms in total. The van der Waals surface area contributed by atoms with E-state index in [1.807, 2.05) is 18.2 Å². The second-order valence-corrected chi connectivity index (χ2v) is 13.3. The van der Waals surface area contributed by atoms with Crippen molar-refractivity contribution in [3.05, 3.63) is 125 Å². The molecule has 7 rings (SSSR count). The van der Waals surface area contributed by atoms with Gasteiger partial charge in [-0.2, -0.15) is 6.08 Å². The van der Waals surface area contributed by atoms with E-state index in [0.29, 0.717) is 0 Å². The summed E-state index contributed by atoms with van der Waals surface area (Å²) in [4.78, 5) is 0. The van der Waals surface area contributed by atoms with Gasteiger partial charge in [0, 0.05) is 0 Å². The van der Waals surface area contributed by atoms with Crippen LogP contribution < -0.4 is 24.8 Å². The second kappa shape index (κ2) is 14.1. The van der Waals surface area contributed by atoms with Crippen molar-refractivity contribution in [1.82, 2.24) is 0 Å². The van der Waals surface area contributed by atoms with Gasteiger partial charge in [-0.05, 0) is 59.8 Å². The van der Waals surface area contributed by atoms with E-state index in [9.17, 15) is 0 Å². The monoisotopic (exact) mass is 668 g/mol. The third-order valence-corrected chi connectivity index (χ3v) is 9.50. The third kappa shape index (κ3) is 7.13. The summed E-state index contributed by atoms with van der Waals surface area (Å²) < 4.78 is 2.17. The van der Waals surface area contributed by atoms with E-state index in [4.69, 9.17) is 0 Å². The Morgan fingerprint density at radius 1 is 0.762 bits per heavy atom. The van der Waals surface area contributed by atoms with Crippen LogP contribution in [0.5, 0.6) is 0 Å². The van der Waals surface area contributed by atoms with E-state index in [2.05, 4.69) is 124 Å². The SMILES string of the molecule is CC1=CCC(C)(C)c2cc3[cH-]c4cc5c(cc4c3cc21)C(C)=CCC5(C)C.[C-]1=CC=CC1.[Cl-].[Cl-].[Zr+2]=[CH]c1ccccc1. The summed E-state index contributed by atoms with van der Waals surface area (Å²) in [6.07, 6.45) is 17.1. The molecule has 0 unspecified atom stereocenters. The summed E-state index contributed by atoms with van der Waals surface area (Å²) in [6, 6.07) is 22.6. The van der Waals surface area contributed by atoms with E-state index >= 15 is 0 Å². The molecule has 42 heavy (non-hydrogen) atoms. The van der Waals surface area contributed by atoms with Gasteiger partial charge < -0.3 is 24.8 Å². The van der Waals surface area contributed by atoms with Crippen LogP contribution >= 0.6 is 0 Å². The van der Waals surface area contributed by atoms with Crippen LogP contribution in [0.4, 0.5) is 0 Å². The fourth-order valence-electron chi connectivity index (χ4n) is 6.02. The van der Waals surface area contributed by atoms with Crippen molar-refractivity contribution in [2.75, 3.05) is 0 Å². The number of halogens is 2. The molecule has 4 aromatic carbocycles. The molecule has 0 bridgehead atoms. The van der Waals surface area contributed by atoms with Gasteiger partial charge in [-0.1, -0.05) is 63.1 Å². The fraction of sp³-hybridized carbons (Fsp3) is 0.282. The molecule has 0 atom stereocenters. The molecule has 4 aromatic rings. The zero-order valence-corrected chi connectivity index (χ0v) is 29.6. The average Bonchev–Trinajstić information content (AvgIpc) is 3.64. The van der Waals surface area contributed by atoms with E-state index in [1.54, 1.807) is 0 Å². The van der Waals surface area contributed by atoms with Crippen LogP contribution in [0.3, 0.4) is 0 Å². The molecule has 0 saturated heterocycles. The van der Waals surface area contributed by atoms with Crippen molar-refractivity contribution in [3.8, 4) is 0 Å². The molecule has 3 aliphatic rings. The van der Waals surface area contributed by atoms with Crippen LogP contribution in [-0.2, 0) is 35.1 Å². The van der Waals surface area contributed by atoms with Crippen LogP contribution in [0, 0.1) is 6.08 Å². The number of benzene rings is 3. The van der Waals surface area contributed by atoms with E-state index in [1.165, 1.54) is 84.7 Å². The van der Waals surface area contributed by atoms with Gasteiger partial charge in [-0.25, -0.2) is 12.2 Å². The van der Waals surface area contributed by atoms with Crippen molar-refractivity contribution in [2.24, 2.45) is 0 Å². The van der Waals surface area contributed by atoms with Gasteiger partial charge in [-0.15, -0.1) is 46.2 Å². The molecule has 0 N–H and O–H groups in total. The van der Waals surface area contributed by atoms with Crippen LogP contribution in [0.15, 0.2) is 91.0 Å². The number of hydrogen-bond donors (Lipinski definition) is 0. The van der Waals surface area contributed by atoms with Crippen LogP contribution in [0.25, 0.3) is 32.7 Å². The van der Waals surface area contributed by atoms with Gasteiger partial charge in [0.2, 0.25) is 0 Å². The first-order chi connectivity index (χ1) is 19.1. The van der Waals surface area contributed by atoms with Gasteiger partial charge >= 0.3 is 63.8 Å². The Bertz CT molecular complexity index is 1590. The van der Waals surface area contributed by atoms with Gasteiger partial charge in [0.1, 0.15) is 0 Å². The average molecular weight is 671 g/mol. The zero-order chi connectivity index (χ0) is 28.5. The van der Waals surface area contributed by atoms with E-state index < -0.39 is 0 Å². The Morgan fingerprint density at radius 2 is 1.26 bits per heavy atom. The normalized spacial score (nSPS) is 16.8. The first-order valence-electron chi connectivity index (χ1n) is 14.4. The Kier molecular flexibility index (Phi) is 11.5. The van der Waals surface area contributed by atoms with Crippen molar-refractivity contribution in [3.63, 3.8) is 0 Å². The topological polar surface area (TPSA) is 0 Å². The number of rotatable bonds is 1. The molecule has 3 heteroatoms. The maximum atomic E-state index is 2.99. The van der Waals surface area contributed by atoms with E-state index in [-0.39, 0.29) is 35.6 Å². The predicted octanol–water partition coefficient (Wildman–Crippen LogP) is 4.58. The molecule has 3 aliphatic carbocycles. The Hall–Kier alpha value is -2.18. The molecule has 0 fully saturated rings. The van der Waals surface area contributed by atoms with Gasteiger partial charge in [0.25, 0.3) is 0 Å². The van der Waals surface area contributed by atoms with Gasteiger partial charge in [0.05, 0.1) is 0 Å². The minimum absolute atomic E-state index is 0. The molecule has 0 radical (unpaired) electrons. The molecule has 0 aromatic heterocycles. The molecule has 0 amide bonds. The summed E-state index contributed by atoms with van der Waals surface area (Å²) in [5.41, 5.74) is 10.5. The summed E-state index contributed by atoms with van der Waals surface area (Å²) in [7, 11) is 0. The Balaban J connectivity index is 0.000000268. The molecular formula is C39H40Cl2Zr-2. The van der Waals surface area contributed by atoms with Crippen molar-refractivity contribution in [2.45, 2.75) is 71.6 Å². The zero-order valence-electron chi connectivity index (χ0n) is 25.6. The first kappa shape index (κ1) is 34.3. The maximum absolute atomic E-state index is 2.99.